The standard InChI is InChI=1S/C18H26N4O3/c1-12-4-5-13(8-19-12)18(24)20-14-6-15-11-25-16(10-22(15)9-14)7-17(23)21(2)3/h4-5,8,14-16H,6-7,9-11H2,1-3H3,(H,20,24)/t14-,15+,16+/m1/s1. The Kier molecular flexibility index (Phi) is 5.34. The van der Waals surface area contributed by atoms with Crippen LogP contribution in [0.4, 0.5) is 0 Å². The summed E-state index contributed by atoms with van der Waals surface area (Å²) in [5.41, 5.74) is 1.48. The summed E-state index contributed by atoms with van der Waals surface area (Å²) in [5, 5.41) is 3.09. The predicted molar refractivity (Wildman–Crippen MR) is 93.3 cm³/mol. The molecule has 2 saturated heterocycles. The molecule has 2 fully saturated rings. The summed E-state index contributed by atoms with van der Waals surface area (Å²) in [6.07, 6.45) is 2.82. The first-order chi connectivity index (χ1) is 11.9. The van der Waals surface area contributed by atoms with Crippen LogP contribution in [0.5, 0.6) is 0 Å². The van der Waals surface area contributed by atoms with E-state index in [1.54, 1.807) is 31.3 Å². The van der Waals surface area contributed by atoms with Crippen LogP contribution in [0.25, 0.3) is 0 Å². The van der Waals surface area contributed by atoms with Gasteiger partial charge in [-0.25, -0.2) is 0 Å². The number of fused-ring (bicyclic) bond motifs is 1. The lowest BCUT2D eigenvalue weighted by Crippen LogP contribution is -2.47. The maximum Gasteiger partial charge on any atom is 0.253 e. The summed E-state index contributed by atoms with van der Waals surface area (Å²) < 4.78 is 5.85. The van der Waals surface area contributed by atoms with E-state index in [1.807, 2.05) is 13.0 Å². The normalized spacial score (nSPS) is 26.1. The minimum absolute atomic E-state index is 0.0677. The van der Waals surface area contributed by atoms with Gasteiger partial charge in [0.15, 0.2) is 0 Å². The van der Waals surface area contributed by atoms with Crippen LogP contribution < -0.4 is 5.32 Å². The molecule has 3 heterocycles. The van der Waals surface area contributed by atoms with Gasteiger partial charge in [0, 0.05) is 51.2 Å². The Morgan fingerprint density at radius 3 is 2.84 bits per heavy atom. The van der Waals surface area contributed by atoms with Gasteiger partial charge in [0.1, 0.15) is 0 Å². The molecule has 0 unspecified atom stereocenters. The number of carbonyl (C=O) groups is 2. The molecule has 1 aromatic heterocycles. The Bertz CT molecular complexity index is 632. The minimum Gasteiger partial charge on any atom is -0.375 e. The monoisotopic (exact) mass is 346 g/mol. The summed E-state index contributed by atoms with van der Waals surface area (Å²) in [6.45, 7) is 4.05. The van der Waals surface area contributed by atoms with Crippen molar-refractivity contribution in [2.24, 2.45) is 0 Å². The van der Waals surface area contributed by atoms with E-state index in [-0.39, 0.29) is 24.0 Å². The first kappa shape index (κ1) is 17.8. The van der Waals surface area contributed by atoms with E-state index < -0.39 is 0 Å². The molecule has 25 heavy (non-hydrogen) atoms. The van der Waals surface area contributed by atoms with E-state index in [4.69, 9.17) is 4.74 Å². The average molecular weight is 346 g/mol. The molecule has 0 bridgehead atoms. The Hall–Kier alpha value is -1.99. The third-order valence-electron chi connectivity index (χ3n) is 4.90. The van der Waals surface area contributed by atoms with Crippen LogP contribution in [0.1, 0.15) is 28.9 Å². The first-order valence-electron chi connectivity index (χ1n) is 8.71. The zero-order chi connectivity index (χ0) is 18.0. The predicted octanol–water partition coefficient (Wildman–Crippen LogP) is 0.440. The highest BCUT2D eigenvalue weighted by Crippen LogP contribution is 2.24. The number of aromatic nitrogens is 1. The Balaban J connectivity index is 1.52. The van der Waals surface area contributed by atoms with E-state index in [1.165, 1.54) is 0 Å². The van der Waals surface area contributed by atoms with Crippen molar-refractivity contribution in [3.63, 3.8) is 0 Å². The molecule has 2 aliphatic rings. The van der Waals surface area contributed by atoms with Gasteiger partial charge in [-0.05, 0) is 25.5 Å². The first-order valence-corrected chi connectivity index (χ1v) is 8.71. The van der Waals surface area contributed by atoms with Crippen molar-refractivity contribution < 1.29 is 14.3 Å². The third-order valence-corrected chi connectivity index (χ3v) is 4.90. The van der Waals surface area contributed by atoms with Crippen molar-refractivity contribution in [3.8, 4) is 0 Å². The fraction of sp³-hybridized carbons (Fsp3) is 0.611. The van der Waals surface area contributed by atoms with Crippen molar-refractivity contribution in [2.45, 2.75) is 38.0 Å². The summed E-state index contributed by atoms with van der Waals surface area (Å²) in [4.78, 5) is 32.3. The van der Waals surface area contributed by atoms with E-state index in [0.29, 0.717) is 24.6 Å². The van der Waals surface area contributed by atoms with Crippen LogP contribution in [0.15, 0.2) is 18.3 Å². The van der Waals surface area contributed by atoms with E-state index in [0.717, 1.165) is 25.2 Å². The molecular formula is C18H26N4O3. The number of hydrogen-bond donors (Lipinski definition) is 1. The molecule has 0 aliphatic carbocycles. The molecule has 0 aromatic carbocycles. The lowest BCUT2D eigenvalue weighted by atomic mass is 10.1. The van der Waals surface area contributed by atoms with Crippen molar-refractivity contribution >= 4 is 11.8 Å². The quantitative estimate of drug-likeness (QED) is 0.856. The van der Waals surface area contributed by atoms with Gasteiger partial charge in [-0.1, -0.05) is 0 Å². The van der Waals surface area contributed by atoms with Gasteiger partial charge >= 0.3 is 0 Å². The molecule has 0 spiro atoms. The van der Waals surface area contributed by atoms with Crippen LogP contribution in [0.3, 0.4) is 0 Å². The number of nitrogens with zero attached hydrogens (tertiary/aromatic N) is 3. The fourth-order valence-electron chi connectivity index (χ4n) is 3.42. The molecule has 1 N–H and O–H groups in total. The largest absolute Gasteiger partial charge is 0.375 e. The van der Waals surface area contributed by atoms with Crippen LogP contribution >= 0.6 is 0 Å². The number of aryl methyl sites for hydroxylation is 1. The highest BCUT2D eigenvalue weighted by Gasteiger charge is 2.38. The maximum atomic E-state index is 12.4. The number of nitrogens with one attached hydrogen (secondary N) is 1. The van der Waals surface area contributed by atoms with E-state index in [9.17, 15) is 9.59 Å². The number of amides is 2. The summed E-state index contributed by atoms with van der Waals surface area (Å²) in [5.74, 6) is -0.00280. The van der Waals surface area contributed by atoms with Gasteiger partial charge < -0.3 is 15.0 Å². The molecule has 1 aromatic rings. The molecule has 7 nitrogen and oxygen atoms in total. The van der Waals surface area contributed by atoms with Gasteiger partial charge in [0.2, 0.25) is 5.91 Å². The van der Waals surface area contributed by atoms with Crippen LogP contribution in [-0.4, -0.2) is 78.6 Å². The molecule has 3 rings (SSSR count). The van der Waals surface area contributed by atoms with E-state index >= 15 is 0 Å². The number of carbonyl (C=O) groups excluding carboxylic acids is 2. The number of pyridine rings is 1. The van der Waals surface area contributed by atoms with Crippen LogP contribution in [-0.2, 0) is 9.53 Å². The third kappa shape index (κ3) is 4.35. The number of ether oxygens (including phenoxy) is 1. The highest BCUT2D eigenvalue weighted by molar-refractivity contribution is 5.94. The molecule has 136 valence electrons. The van der Waals surface area contributed by atoms with Crippen LogP contribution in [0, 0.1) is 6.92 Å². The van der Waals surface area contributed by atoms with Crippen LogP contribution in [0.2, 0.25) is 0 Å². The minimum atomic E-state index is -0.0856. The number of morpholine rings is 1. The Labute approximate surface area is 148 Å². The maximum absolute atomic E-state index is 12.4. The molecule has 2 amide bonds. The zero-order valence-corrected chi connectivity index (χ0v) is 15.1. The SMILES string of the molecule is Cc1ccc(C(=O)N[C@@H]2C[C@H]3CO[C@@H](CC(=O)N(C)C)CN3C2)cn1. The summed E-state index contributed by atoms with van der Waals surface area (Å²) in [6, 6.07) is 4.05. The average Bonchev–Trinajstić information content (AvgIpc) is 2.96. The molecule has 0 radical (unpaired) electrons. The van der Waals surface area contributed by atoms with Crippen molar-refractivity contribution in [2.75, 3.05) is 33.8 Å². The smallest absolute Gasteiger partial charge is 0.253 e. The Morgan fingerprint density at radius 2 is 2.16 bits per heavy atom. The van der Waals surface area contributed by atoms with Gasteiger partial charge in [0.25, 0.3) is 5.91 Å². The zero-order valence-electron chi connectivity index (χ0n) is 15.1. The molecule has 2 aliphatic heterocycles. The van der Waals surface area contributed by atoms with Gasteiger partial charge in [-0.15, -0.1) is 0 Å². The molecule has 0 saturated carbocycles. The van der Waals surface area contributed by atoms with Crippen molar-refractivity contribution in [1.29, 1.82) is 0 Å². The van der Waals surface area contributed by atoms with Gasteiger partial charge in [-0.2, -0.15) is 0 Å². The Morgan fingerprint density at radius 1 is 1.36 bits per heavy atom. The lowest BCUT2D eigenvalue weighted by molar-refractivity contribution is -0.134. The number of hydrogen-bond acceptors (Lipinski definition) is 5. The van der Waals surface area contributed by atoms with Gasteiger partial charge in [0.05, 0.1) is 24.7 Å². The van der Waals surface area contributed by atoms with Crippen molar-refractivity contribution in [3.05, 3.63) is 29.6 Å². The topological polar surface area (TPSA) is 74.8 Å². The number of rotatable bonds is 4. The summed E-state index contributed by atoms with van der Waals surface area (Å²) >= 11 is 0. The highest BCUT2D eigenvalue weighted by atomic mass is 16.5. The molecule has 3 atom stereocenters. The van der Waals surface area contributed by atoms with E-state index in [2.05, 4.69) is 15.2 Å². The summed E-state index contributed by atoms with van der Waals surface area (Å²) in [7, 11) is 3.52. The second-order valence-electron chi connectivity index (χ2n) is 7.15. The van der Waals surface area contributed by atoms with Crippen molar-refractivity contribution in [1.82, 2.24) is 20.1 Å². The second-order valence-corrected chi connectivity index (χ2v) is 7.15. The second kappa shape index (κ2) is 7.49. The molecule has 7 heteroatoms. The lowest BCUT2D eigenvalue weighted by Gasteiger charge is -2.35. The fourth-order valence-corrected chi connectivity index (χ4v) is 3.42. The van der Waals surface area contributed by atoms with Gasteiger partial charge in [-0.3, -0.25) is 19.5 Å². The molecular weight excluding hydrogens is 320 g/mol.